The second-order valence-corrected chi connectivity index (χ2v) is 6.16. The highest BCUT2D eigenvalue weighted by molar-refractivity contribution is 7.17. The van der Waals surface area contributed by atoms with E-state index in [1.807, 2.05) is 0 Å². The van der Waals surface area contributed by atoms with Gasteiger partial charge in [0.25, 0.3) is 5.91 Å². The molecule has 0 aliphatic carbocycles. The molecule has 0 aliphatic heterocycles. The van der Waals surface area contributed by atoms with Crippen molar-refractivity contribution < 1.29 is 18.0 Å². The monoisotopic (exact) mass is 379 g/mol. The van der Waals surface area contributed by atoms with Gasteiger partial charge in [0.1, 0.15) is 4.88 Å². The molecule has 0 fully saturated rings. The van der Waals surface area contributed by atoms with Crippen molar-refractivity contribution in [1.82, 2.24) is 20.3 Å². The summed E-state index contributed by atoms with van der Waals surface area (Å²) in [5.74, 6) is 0.0601. The van der Waals surface area contributed by atoms with Crippen LogP contribution in [0.5, 0.6) is 0 Å². The number of anilines is 2. The third kappa shape index (κ3) is 4.54. The Hall–Kier alpha value is -3.01. The quantitative estimate of drug-likeness (QED) is 0.708. The molecule has 6 nitrogen and oxygen atoms in total. The first-order valence-corrected chi connectivity index (χ1v) is 8.16. The number of hydrogen-bond donors (Lipinski definition) is 2. The van der Waals surface area contributed by atoms with Crippen molar-refractivity contribution in [3.8, 4) is 0 Å². The highest BCUT2D eigenvalue weighted by atomic mass is 32.1. The Kier molecular flexibility index (Phi) is 5.12. The Morgan fingerprint density at radius 3 is 2.73 bits per heavy atom. The van der Waals surface area contributed by atoms with Crippen molar-refractivity contribution in [3.05, 3.63) is 65.1 Å². The minimum Gasteiger partial charge on any atom is -0.347 e. The van der Waals surface area contributed by atoms with Crippen molar-refractivity contribution in [2.24, 2.45) is 0 Å². The van der Waals surface area contributed by atoms with E-state index in [4.69, 9.17) is 0 Å². The predicted octanol–water partition coefficient (Wildman–Crippen LogP) is 3.63. The number of amides is 1. The number of rotatable bonds is 5. The maximum Gasteiger partial charge on any atom is 0.416 e. The van der Waals surface area contributed by atoms with Crippen LogP contribution in [0.1, 0.15) is 20.8 Å². The summed E-state index contributed by atoms with van der Waals surface area (Å²) in [4.78, 5) is 24.5. The summed E-state index contributed by atoms with van der Waals surface area (Å²) in [6.45, 7) is -0.0203. The molecule has 26 heavy (non-hydrogen) atoms. The molecule has 0 atom stereocenters. The third-order valence-electron chi connectivity index (χ3n) is 3.24. The minimum absolute atomic E-state index is 0.0203. The van der Waals surface area contributed by atoms with Crippen LogP contribution in [-0.4, -0.2) is 20.9 Å². The molecule has 0 bridgehead atoms. The molecule has 0 saturated heterocycles. The SMILES string of the molecule is O=C(NCc1cccc(C(F)(F)F)c1)c1cnc(Nc2cnccn2)s1. The third-order valence-corrected chi connectivity index (χ3v) is 4.15. The van der Waals surface area contributed by atoms with Gasteiger partial charge in [0.15, 0.2) is 10.9 Å². The van der Waals surface area contributed by atoms with E-state index in [1.165, 1.54) is 36.9 Å². The molecule has 134 valence electrons. The first-order chi connectivity index (χ1) is 12.4. The first kappa shape index (κ1) is 17.8. The molecule has 2 aromatic heterocycles. The maximum absolute atomic E-state index is 12.7. The van der Waals surface area contributed by atoms with E-state index in [9.17, 15) is 18.0 Å². The van der Waals surface area contributed by atoms with Crippen molar-refractivity contribution in [1.29, 1.82) is 0 Å². The molecule has 0 radical (unpaired) electrons. The second-order valence-electron chi connectivity index (χ2n) is 5.13. The first-order valence-electron chi connectivity index (χ1n) is 7.35. The van der Waals surface area contributed by atoms with E-state index in [-0.39, 0.29) is 6.54 Å². The van der Waals surface area contributed by atoms with Gasteiger partial charge < -0.3 is 10.6 Å². The van der Waals surface area contributed by atoms with Crippen LogP contribution < -0.4 is 10.6 Å². The number of nitrogens with zero attached hydrogens (tertiary/aromatic N) is 3. The molecular weight excluding hydrogens is 367 g/mol. The molecule has 3 aromatic rings. The molecule has 0 aliphatic rings. The van der Waals surface area contributed by atoms with Gasteiger partial charge in [0, 0.05) is 18.9 Å². The number of hydrogen-bond acceptors (Lipinski definition) is 6. The van der Waals surface area contributed by atoms with Crippen LogP contribution in [0.2, 0.25) is 0 Å². The van der Waals surface area contributed by atoms with Gasteiger partial charge in [-0.2, -0.15) is 13.2 Å². The molecular formula is C16H12F3N5OS. The fraction of sp³-hybridized carbons (Fsp3) is 0.125. The van der Waals surface area contributed by atoms with E-state index in [0.29, 0.717) is 21.4 Å². The van der Waals surface area contributed by atoms with Gasteiger partial charge in [-0.25, -0.2) is 9.97 Å². The summed E-state index contributed by atoms with van der Waals surface area (Å²) >= 11 is 1.10. The molecule has 0 unspecified atom stereocenters. The van der Waals surface area contributed by atoms with Gasteiger partial charge in [-0.05, 0) is 17.7 Å². The Morgan fingerprint density at radius 1 is 1.15 bits per heavy atom. The zero-order valence-electron chi connectivity index (χ0n) is 13.1. The Bertz CT molecular complexity index is 898. The molecule has 10 heteroatoms. The van der Waals surface area contributed by atoms with Gasteiger partial charge in [-0.3, -0.25) is 9.78 Å². The number of carbonyl (C=O) groups is 1. The number of benzene rings is 1. The summed E-state index contributed by atoms with van der Waals surface area (Å²) in [5, 5.41) is 5.94. The summed E-state index contributed by atoms with van der Waals surface area (Å²) in [5.41, 5.74) is -0.395. The van der Waals surface area contributed by atoms with Crippen LogP contribution in [0.15, 0.2) is 49.1 Å². The molecule has 0 saturated carbocycles. The largest absolute Gasteiger partial charge is 0.416 e. The van der Waals surface area contributed by atoms with Crippen molar-refractivity contribution in [3.63, 3.8) is 0 Å². The van der Waals surface area contributed by atoms with Crippen LogP contribution >= 0.6 is 11.3 Å². The topological polar surface area (TPSA) is 79.8 Å². The lowest BCUT2D eigenvalue weighted by atomic mass is 10.1. The van der Waals surface area contributed by atoms with Crippen LogP contribution in [0.3, 0.4) is 0 Å². The van der Waals surface area contributed by atoms with Crippen molar-refractivity contribution in [2.45, 2.75) is 12.7 Å². The summed E-state index contributed by atoms with van der Waals surface area (Å²) in [7, 11) is 0. The zero-order chi connectivity index (χ0) is 18.6. The van der Waals surface area contributed by atoms with E-state index in [0.717, 1.165) is 23.5 Å². The average molecular weight is 379 g/mol. The number of alkyl halides is 3. The second kappa shape index (κ2) is 7.48. The number of thiazole rings is 1. The number of nitrogens with one attached hydrogen (secondary N) is 2. The highest BCUT2D eigenvalue weighted by Crippen LogP contribution is 2.29. The van der Waals surface area contributed by atoms with Gasteiger partial charge in [-0.1, -0.05) is 23.5 Å². The molecule has 1 aromatic carbocycles. The smallest absolute Gasteiger partial charge is 0.347 e. The molecule has 0 spiro atoms. The van der Waals surface area contributed by atoms with Crippen LogP contribution in [0.25, 0.3) is 0 Å². The Morgan fingerprint density at radius 2 is 2.00 bits per heavy atom. The van der Waals surface area contributed by atoms with E-state index >= 15 is 0 Å². The highest BCUT2D eigenvalue weighted by Gasteiger charge is 2.30. The number of aromatic nitrogens is 3. The molecule has 1 amide bonds. The normalized spacial score (nSPS) is 11.2. The lowest BCUT2D eigenvalue weighted by molar-refractivity contribution is -0.137. The Balaban J connectivity index is 1.61. The van der Waals surface area contributed by atoms with Crippen molar-refractivity contribution >= 4 is 28.2 Å². The lowest BCUT2D eigenvalue weighted by Crippen LogP contribution is -2.22. The molecule has 3 rings (SSSR count). The van der Waals surface area contributed by atoms with E-state index in [2.05, 4.69) is 25.6 Å². The van der Waals surface area contributed by atoms with Crippen molar-refractivity contribution in [2.75, 3.05) is 5.32 Å². The number of halogens is 3. The van der Waals surface area contributed by atoms with Crippen LogP contribution in [0, 0.1) is 0 Å². The average Bonchev–Trinajstić information content (AvgIpc) is 3.09. The predicted molar refractivity (Wildman–Crippen MR) is 90.0 cm³/mol. The minimum atomic E-state index is -4.42. The standard InChI is InChI=1S/C16H12F3N5OS/c17-16(18,19)11-3-1-2-10(6-11)7-22-14(25)12-8-23-15(26-12)24-13-9-20-4-5-21-13/h1-6,8-9H,7H2,(H,22,25)(H,21,23,24). The van der Waals surface area contributed by atoms with Gasteiger partial charge in [0.05, 0.1) is 18.0 Å². The molecule has 2 N–H and O–H groups in total. The zero-order valence-corrected chi connectivity index (χ0v) is 13.9. The molecule has 2 heterocycles. The van der Waals surface area contributed by atoms with Gasteiger partial charge >= 0.3 is 6.18 Å². The summed E-state index contributed by atoms with van der Waals surface area (Å²) < 4.78 is 38.1. The number of carbonyl (C=O) groups excluding carboxylic acids is 1. The summed E-state index contributed by atoms with van der Waals surface area (Å²) in [6, 6.07) is 4.82. The Labute approximate surface area is 150 Å². The lowest BCUT2D eigenvalue weighted by Gasteiger charge is -2.09. The summed E-state index contributed by atoms with van der Waals surface area (Å²) in [6.07, 6.45) is 1.51. The maximum atomic E-state index is 12.7. The fourth-order valence-corrected chi connectivity index (χ4v) is 2.78. The van der Waals surface area contributed by atoms with Gasteiger partial charge in [0.2, 0.25) is 0 Å². The fourth-order valence-electron chi connectivity index (χ4n) is 2.04. The van der Waals surface area contributed by atoms with Gasteiger partial charge in [-0.15, -0.1) is 0 Å². The van der Waals surface area contributed by atoms with Crippen LogP contribution in [-0.2, 0) is 12.7 Å². The van der Waals surface area contributed by atoms with E-state index < -0.39 is 17.6 Å². The van der Waals surface area contributed by atoms with E-state index in [1.54, 1.807) is 0 Å². The van der Waals surface area contributed by atoms with Crippen LogP contribution in [0.4, 0.5) is 24.1 Å².